The highest BCUT2D eigenvalue weighted by Gasteiger charge is 2.32. The van der Waals surface area contributed by atoms with Crippen molar-refractivity contribution in [2.24, 2.45) is 0 Å². The van der Waals surface area contributed by atoms with Crippen LogP contribution in [0.25, 0.3) is 33.6 Å². The molecule has 21 nitrogen and oxygen atoms in total. The highest BCUT2D eigenvalue weighted by atomic mass is 32.2. The first-order valence-electron chi connectivity index (χ1n) is 11.4. The largest absolute Gasteiger partial charge is 0.496 e. The van der Waals surface area contributed by atoms with Gasteiger partial charge >= 0.3 is 20.2 Å². The van der Waals surface area contributed by atoms with E-state index in [4.69, 9.17) is 15.2 Å². The fraction of sp³-hybridized carbons (Fsp3) is 0.0909. The maximum Gasteiger partial charge on any atom is 0.301 e. The molecule has 0 radical (unpaired) electrons. The van der Waals surface area contributed by atoms with Crippen molar-refractivity contribution < 1.29 is 55.5 Å². The summed E-state index contributed by atoms with van der Waals surface area (Å²) in [5.74, 6) is -0.922. The molecule has 45 heavy (non-hydrogen) atoms. The summed E-state index contributed by atoms with van der Waals surface area (Å²) in [7, 11) is -8.35. The van der Waals surface area contributed by atoms with Gasteiger partial charge in [-0.2, -0.15) is 16.8 Å². The number of nitrogen functional groups attached to an aromatic ring is 1. The molecule has 0 aliphatic heterocycles. The van der Waals surface area contributed by atoms with Gasteiger partial charge in [-0.05, 0) is 35.0 Å². The molecule has 0 saturated heterocycles. The lowest BCUT2D eigenvalue weighted by Crippen LogP contribution is -2.07. The lowest BCUT2D eigenvalue weighted by molar-refractivity contribution is -0.388. The summed E-state index contributed by atoms with van der Waals surface area (Å²) in [6.07, 6.45) is 0.214. The summed E-state index contributed by atoms with van der Waals surface area (Å²) in [5, 5.41) is 34.3. The Kier molecular flexibility index (Phi) is 9.16. The van der Waals surface area contributed by atoms with Crippen LogP contribution < -0.4 is 15.2 Å². The van der Waals surface area contributed by atoms with E-state index in [0.717, 1.165) is 14.2 Å². The van der Waals surface area contributed by atoms with E-state index in [1.165, 1.54) is 12.1 Å². The van der Waals surface area contributed by atoms with Crippen LogP contribution in [0.4, 0.5) is 17.1 Å². The van der Waals surface area contributed by atoms with Crippen molar-refractivity contribution in [3.8, 4) is 45.1 Å². The number of nitro groups is 2. The van der Waals surface area contributed by atoms with Crippen molar-refractivity contribution in [1.29, 1.82) is 0 Å². The molecule has 0 aliphatic rings. The number of ether oxygens (including phenoxy) is 2. The Bertz CT molecular complexity index is 2100. The van der Waals surface area contributed by atoms with Gasteiger partial charge in [-0.25, -0.2) is 0 Å². The Morgan fingerprint density at radius 1 is 0.844 bits per heavy atom. The second kappa shape index (κ2) is 12.2. The second-order valence-electron chi connectivity index (χ2n) is 8.53. The summed E-state index contributed by atoms with van der Waals surface area (Å²) in [4.78, 5) is 30.4. The Labute approximate surface area is 250 Å². The van der Waals surface area contributed by atoms with Crippen molar-refractivity contribution in [1.82, 2.24) is 20.2 Å². The monoisotopic (exact) mass is 669 g/mol. The number of carbonyl (C=O) groups excluding carboxylic acids is 1. The molecule has 0 aliphatic carbocycles. The maximum atomic E-state index is 12.2. The first-order valence-corrected chi connectivity index (χ1v) is 14.3. The molecule has 4 aromatic rings. The summed E-state index contributed by atoms with van der Waals surface area (Å²) in [6.45, 7) is 0. The molecular formula is C22H19N7O14S2. The van der Waals surface area contributed by atoms with Crippen LogP contribution in [0.3, 0.4) is 0 Å². The molecule has 1 heterocycles. The number of hydrogen-bond donors (Lipinski definition) is 3. The molecule has 238 valence electrons. The number of nitro benzene ring substituents is 2. The van der Waals surface area contributed by atoms with Gasteiger partial charge in [0, 0.05) is 27.9 Å². The van der Waals surface area contributed by atoms with E-state index in [-0.39, 0.29) is 62.7 Å². The van der Waals surface area contributed by atoms with Gasteiger partial charge in [0.2, 0.25) is 5.82 Å². The van der Waals surface area contributed by atoms with Gasteiger partial charge in [0.05, 0.1) is 36.2 Å². The van der Waals surface area contributed by atoms with Gasteiger partial charge in [0.1, 0.15) is 11.5 Å². The predicted octanol–water partition coefficient (Wildman–Crippen LogP) is 0.797. The average molecular weight is 670 g/mol. The second-order valence-corrected chi connectivity index (χ2v) is 11.3. The van der Waals surface area contributed by atoms with Gasteiger partial charge in [-0.15, -0.1) is 10.2 Å². The predicted molar refractivity (Wildman–Crippen MR) is 150 cm³/mol. The number of anilines is 1. The van der Waals surface area contributed by atoms with Crippen molar-refractivity contribution in [3.05, 3.63) is 56.6 Å². The summed E-state index contributed by atoms with van der Waals surface area (Å²) < 4.78 is 78.8. The van der Waals surface area contributed by atoms with E-state index >= 15 is 0 Å². The molecule has 0 fully saturated rings. The number of rotatable bonds is 10. The number of aromatic nitrogens is 4. The van der Waals surface area contributed by atoms with Crippen LogP contribution in [-0.4, -0.2) is 82.1 Å². The molecule has 1 aromatic heterocycles. The Hall–Kier alpha value is -5.62. The summed E-state index contributed by atoms with van der Waals surface area (Å²) >= 11 is 0. The van der Waals surface area contributed by atoms with E-state index in [1.54, 1.807) is 0 Å². The van der Waals surface area contributed by atoms with E-state index < -0.39 is 51.2 Å². The smallest absolute Gasteiger partial charge is 0.301 e. The topological polar surface area (TPSA) is 332 Å². The number of methoxy groups -OCH3 is 2. The molecule has 6 N–H and O–H groups in total. The number of benzene rings is 3. The Morgan fingerprint density at radius 2 is 1.33 bits per heavy atom. The standard InChI is InChI=1S/C22H17N7O13S2.H2O/c1-41-17-7-15(28(31)32)19(43(35,36)37)5-11(17)12-3-10(22-24-26-27(9-30)25-22)4-14(23)21(12)13-6-20(44(38,39)40)16(29(33)34)8-18(13)42-2;/h3-9H,23H2,1-2H3,(H,35,36,37)(H,38,39,40);1H2. The molecule has 0 spiro atoms. The molecule has 0 saturated carbocycles. The summed E-state index contributed by atoms with van der Waals surface area (Å²) in [5.41, 5.74) is 2.94. The minimum Gasteiger partial charge on any atom is -0.496 e. The average Bonchev–Trinajstić information content (AvgIpc) is 3.44. The zero-order valence-electron chi connectivity index (χ0n) is 22.5. The van der Waals surface area contributed by atoms with Crippen LogP contribution in [0, 0.1) is 20.2 Å². The van der Waals surface area contributed by atoms with E-state index in [2.05, 4.69) is 15.4 Å². The SMILES string of the molecule is COc1cc([N+](=O)[O-])c(S(=O)(=O)O)cc1-c1cc(-c2nnn(C=O)n2)cc(N)c1-c1cc(S(=O)(=O)O)c([N+](=O)[O-])cc1OC.O. The van der Waals surface area contributed by atoms with Crippen LogP contribution in [0.5, 0.6) is 11.5 Å². The van der Waals surface area contributed by atoms with Gasteiger partial charge < -0.3 is 20.7 Å². The van der Waals surface area contributed by atoms with Crippen LogP contribution in [0.2, 0.25) is 0 Å². The Balaban J connectivity index is 0.00000552. The van der Waals surface area contributed by atoms with Gasteiger partial charge in [0.25, 0.3) is 17.8 Å². The van der Waals surface area contributed by atoms with Gasteiger partial charge in [-0.1, -0.05) is 4.80 Å². The van der Waals surface area contributed by atoms with Crippen LogP contribution in [-0.2, 0) is 25.0 Å². The van der Waals surface area contributed by atoms with E-state index in [1.807, 2.05) is 0 Å². The fourth-order valence-electron chi connectivity index (χ4n) is 4.23. The Morgan fingerprint density at radius 3 is 1.76 bits per heavy atom. The third-order valence-corrected chi connectivity index (χ3v) is 7.79. The normalized spacial score (nSPS) is 11.4. The third kappa shape index (κ3) is 6.36. The van der Waals surface area contributed by atoms with E-state index in [9.17, 15) is 51.0 Å². The van der Waals surface area contributed by atoms with Crippen molar-refractivity contribution >= 4 is 43.7 Å². The van der Waals surface area contributed by atoms with Gasteiger partial charge in [0.15, 0.2) is 9.79 Å². The van der Waals surface area contributed by atoms with Crippen molar-refractivity contribution in [3.63, 3.8) is 0 Å². The van der Waals surface area contributed by atoms with Crippen molar-refractivity contribution in [2.75, 3.05) is 20.0 Å². The highest BCUT2D eigenvalue weighted by molar-refractivity contribution is 7.86. The lowest BCUT2D eigenvalue weighted by Gasteiger charge is -2.19. The molecule has 3 aromatic carbocycles. The quantitative estimate of drug-likeness (QED) is 0.0690. The summed E-state index contributed by atoms with van der Waals surface area (Å²) in [6, 6.07) is 5.13. The molecule has 4 rings (SSSR count). The molecule has 0 atom stereocenters. The lowest BCUT2D eigenvalue weighted by atomic mass is 9.89. The number of nitrogens with zero attached hydrogens (tertiary/aromatic N) is 6. The molecule has 0 unspecified atom stereocenters. The molecule has 0 amide bonds. The van der Waals surface area contributed by atoms with Crippen LogP contribution in [0.1, 0.15) is 0 Å². The molecule has 23 heteroatoms. The minimum atomic E-state index is -5.26. The fourth-order valence-corrected chi connectivity index (χ4v) is 5.56. The maximum absolute atomic E-state index is 12.2. The zero-order valence-corrected chi connectivity index (χ0v) is 24.1. The number of tetrazole rings is 1. The number of hydrogen-bond acceptors (Lipinski definition) is 15. The minimum absolute atomic E-state index is 0. The first kappa shape index (κ1) is 33.9. The highest BCUT2D eigenvalue weighted by Crippen LogP contribution is 2.49. The number of nitrogens with two attached hydrogens (primary N) is 1. The number of carbonyl (C=O) groups is 1. The van der Waals surface area contributed by atoms with Gasteiger partial charge in [-0.3, -0.25) is 34.1 Å². The van der Waals surface area contributed by atoms with Crippen LogP contribution >= 0.6 is 0 Å². The van der Waals surface area contributed by atoms with Crippen molar-refractivity contribution in [2.45, 2.75) is 9.79 Å². The van der Waals surface area contributed by atoms with Crippen LogP contribution in [0.15, 0.2) is 46.2 Å². The van der Waals surface area contributed by atoms with E-state index in [0.29, 0.717) is 29.1 Å². The first-order chi connectivity index (χ1) is 20.5. The molecule has 0 bridgehead atoms. The molecular weight excluding hydrogens is 650 g/mol. The third-order valence-electron chi connectivity index (χ3n) is 6.02. The zero-order chi connectivity index (χ0) is 32.7.